The number of alkyl halides is 2. The van der Waals surface area contributed by atoms with E-state index >= 15 is 0 Å². The molecule has 0 atom stereocenters. The molecular weight excluding hydrogens is 282 g/mol. The van der Waals surface area contributed by atoms with Gasteiger partial charge in [0.1, 0.15) is 0 Å². The Kier molecular flexibility index (Phi) is 4.06. The third-order valence-electron chi connectivity index (χ3n) is 1.20. The van der Waals surface area contributed by atoms with Crippen LogP contribution < -0.4 is 32.5 Å². The number of hydrogen-bond acceptors (Lipinski definition) is 3. The molecule has 5 heteroatoms. The summed E-state index contributed by atoms with van der Waals surface area (Å²) in [6.07, 6.45) is 0. The van der Waals surface area contributed by atoms with E-state index in [0.29, 0.717) is 0 Å². The van der Waals surface area contributed by atoms with Gasteiger partial charge in [0.15, 0.2) is 0 Å². The Hall–Kier alpha value is 1.23. The van der Waals surface area contributed by atoms with Crippen molar-refractivity contribution in [1.29, 1.82) is 0 Å². The molecule has 1 aliphatic heterocycles. The Labute approximate surface area is 78.7 Å². The van der Waals surface area contributed by atoms with E-state index in [1.807, 2.05) is 0 Å². The summed E-state index contributed by atoms with van der Waals surface area (Å²) in [6, 6.07) is 0. The van der Waals surface area contributed by atoms with E-state index in [2.05, 4.69) is 19.3 Å². The van der Waals surface area contributed by atoms with Crippen LogP contribution in [0.3, 0.4) is 0 Å². The Bertz CT molecular complexity index is 97.8. The van der Waals surface area contributed by atoms with Gasteiger partial charge in [0.05, 0.1) is 0 Å². The minimum Gasteiger partial charge on any atom is 0 e. The molecule has 1 saturated heterocycles. The second-order valence-corrected chi connectivity index (χ2v) is 6.37. The van der Waals surface area contributed by atoms with Gasteiger partial charge in [-0.2, -0.15) is 0 Å². The van der Waals surface area contributed by atoms with Crippen molar-refractivity contribution >= 4 is 0 Å². The summed E-state index contributed by atoms with van der Waals surface area (Å²) in [5.74, 6) is 5.56. The second-order valence-electron chi connectivity index (χ2n) is 2.21. The monoisotopic (exact) mass is 292 g/mol. The molecule has 0 aromatic rings. The maximum Gasteiger partial charge on any atom is 0 e. The van der Waals surface area contributed by atoms with E-state index in [4.69, 9.17) is 5.84 Å². The van der Waals surface area contributed by atoms with Crippen molar-refractivity contribution < 1.29 is 40.7 Å². The Balaban J connectivity index is 0.000000640. The van der Waals surface area contributed by atoms with Gasteiger partial charge in [-0.3, -0.25) is 0 Å². The standard InChI is InChI=1S/C4H11IN3.Zn/c1-4(2)5-3-7-8(4)6;/h7H,3,6H2,1-2H3;/q-1;. The van der Waals surface area contributed by atoms with Crippen molar-refractivity contribution in [2.24, 2.45) is 5.84 Å². The number of nitrogens with one attached hydrogen (secondary N) is 1. The molecule has 0 unspecified atom stereocenters. The van der Waals surface area contributed by atoms with Crippen molar-refractivity contribution in [3.05, 3.63) is 0 Å². The average Bonchev–Trinajstić information content (AvgIpc) is 1.86. The van der Waals surface area contributed by atoms with E-state index in [-0.39, 0.29) is 44.2 Å². The summed E-state index contributed by atoms with van der Waals surface area (Å²) < 4.78 is 1.38. The molecule has 0 aromatic carbocycles. The molecule has 0 saturated carbocycles. The van der Waals surface area contributed by atoms with Gasteiger partial charge in [-0.25, -0.2) is 0 Å². The van der Waals surface area contributed by atoms with Gasteiger partial charge in [-0.15, -0.1) is 0 Å². The first-order chi connectivity index (χ1) is 3.63. The van der Waals surface area contributed by atoms with Crippen LogP contribution in [0.1, 0.15) is 13.8 Å². The third kappa shape index (κ3) is 2.38. The molecular formula is C4H11IN3Zn-. The fourth-order valence-electron chi connectivity index (χ4n) is 0.510. The normalized spacial score (nSPS) is 26.6. The van der Waals surface area contributed by atoms with Crippen molar-refractivity contribution in [2.45, 2.75) is 17.4 Å². The van der Waals surface area contributed by atoms with E-state index < -0.39 is 0 Å². The van der Waals surface area contributed by atoms with Gasteiger partial charge in [0, 0.05) is 19.5 Å². The second kappa shape index (κ2) is 3.57. The molecule has 0 radical (unpaired) electrons. The van der Waals surface area contributed by atoms with Gasteiger partial charge in [0.2, 0.25) is 0 Å². The number of nitrogens with zero attached hydrogens (tertiary/aromatic N) is 1. The third-order valence-corrected chi connectivity index (χ3v) is 4.31. The average molecular weight is 293 g/mol. The summed E-state index contributed by atoms with van der Waals surface area (Å²) in [6.45, 7) is 4.33. The number of halogens is 1. The fraction of sp³-hybridized carbons (Fsp3) is 1.00. The van der Waals surface area contributed by atoms with Crippen LogP contribution in [0.4, 0.5) is 0 Å². The van der Waals surface area contributed by atoms with Gasteiger partial charge >= 0.3 is 59.5 Å². The number of hydrazine groups is 2. The molecule has 3 nitrogen and oxygen atoms in total. The first-order valence-corrected chi connectivity index (χ1v) is 5.12. The Morgan fingerprint density at radius 3 is 2.33 bits per heavy atom. The molecule has 0 amide bonds. The van der Waals surface area contributed by atoms with Gasteiger partial charge in [-0.05, 0) is 0 Å². The van der Waals surface area contributed by atoms with Crippen LogP contribution >= 0.6 is 0 Å². The zero-order chi connectivity index (χ0) is 6.20. The van der Waals surface area contributed by atoms with Crippen LogP contribution in [-0.2, 0) is 19.5 Å². The summed E-state index contributed by atoms with van der Waals surface area (Å²) in [5, 5.41) is 1.72. The topological polar surface area (TPSA) is 41.3 Å². The summed E-state index contributed by atoms with van der Waals surface area (Å²) in [4.78, 5) is 0. The van der Waals surface area contributed by atoms with Crippen molar-refractivity contribution in [3.63, 3.8) is 0 Å². The predicted octanol–water partition coefficient (Wildman–Crippen LogP) is -3.54. The largest absolute Gasteiger partial charge is 0 e. The first-order valence-electron chi connectivity index (χ1n) is 2.52. The minimum atomic E-state index is 0. The van der Waals surface area contributed by atoms with Crippen LogP contribution in [0.25, 0.3) is 0 Å². The minimum absolute atomic E-state index is 0. The smallest absolute Gasteiger partial charge is 0 e. The molecule has 9 heavy (non-hydrogen) atoms. The first kappa shape index (κ1) is 10.2. The van der Waals surface area contributed by atoms with Crippen LogP contribution in [0.15, 0.2) is 0 Å². The maximum atomic E-state index is 5.56. The van der Waals surface area contributed by atoms with Crippen molar-refractivity contribution in [3.8, 4) is 0 Å². The molecule has 1 aliphatic rings. The molecule has 52 valence electrons. The molecule has 1 heterocycles. The van der Waals surface area contributed by atoms with Crippen LogP contribution in [0.2, 0.25) is 0 Å². The van der Waals surface area contributed by atoms with Crippen molar-refractivity contribution in [1.82, 2.24) is 10.5 Å². The number of rotatable bonds is 0. The van der Waals surface area contributed by atoms with Gasteiger partial charge in [-0.1, -0.05) is 0 Å². The van der Waals surface area contributed by atoms with E-state index in [0.717, 1.165) is 4.55 Å². The van der Waals surface area contributed by atoms with E-state index in [9.17, 15) is 0 Å². The molecule has 3 N–H and O–H groups in total. The zero-order valence-electron chi connectivity index (χ0n) is 5.82. The van der Waals surface area contributed by atoms with Crippen LogP contribution in [0.5, 0.6) is 0 Å². The number of nitrogens with two attached hydrogens (primary N) is 1. The van der Waals surface area contributed by atoms with E-state index in [1.165, 1.54) is 0 Å². The Morgan fingerprint density at radius 2 is 2.22 bits per heavy atom. The molecule has 0 spiro atoms. The van der Waals surface area contributed by atoms with E-state index in [1.54, 1.807) is 5.12 Å². The number of hydrogen-bond donors (Lipinski definition) is 2. The quantitative estimate of drug-likeness (QED) is 0.160. The summed E-state index contributed by atoms with van der Waals surface area (Å²) >= 11 is 0.245. The molecule has 0 aromatic heterocycles. The SMILES string of the molecule is CC1(C)[I-]CNN1N.[Zn]. The van der Waals surface area contributed by atoms with Gasteiger partial charge < -0.3 is 0 Å². The van der Waals surface area contributed by atoms with Crippen molar-refractivity contribution in [2.75, 3.05) is 4.55 Å². The Morgan fingerprint density at radius 1 is 1.67 bits per heavy atom. The summed E-state index contributed by atoms with van der Waals surface area (Å²) in [7, 11) is 0. The maximum absolute atomic E-state index is 5.56. The van der Waals surface area contributed by atoms with Crippen LogP contribution in [-0.4, -0.2) is 13.2 Å². The zero-order valence-corrected chi connectivity index (χ0v) is 10.9. The molecule has 0 aliphatic carbocycles. The fourth-order valence-corrected chi connectivity index (χ4v) is 2.52. The molecule has 0 bridgehead atoms. The summed E-state index contributed by atoms with van der Waals surface area (Å²) in [5.41, 5.74) is 3.07. The molecule has 1 fully saturated rings. The molecule has 1 rings (SSSR count). The van der Waals surface area contributed by atoms with Crippen LogP contribution in [0, 0.1) is 0 Å². The van der Waals surface area contributed by atoms with Gasteiger partial charge in [0.25, 0.3) is 0 Å². The predicted molar refractivity (Wildman–Crippen MR) is 28.1 cm³/mol.